The normalized spacial score (nSPS) is 15.4. The summed E-state index contributed by atoms with van der Waals surface area (Å²) in [6.07, 6.45) is 10.3. The minimum absolute atomic E-state index is 1.19. The summed E-state index contributed by atoms with van der Waals surface area (Å²) in [6.45, 7) is 4.91. The molecule has 0 amide bonds. The average molecular weight is 351 g/mol. The Hall–Kier alpha value is -1.64. The quantitative estimate of drug-likeness (QED) is 0.533. The van der Waals surface area contributed by atoms with Crippen molar-refractivity contribution < 1.29 is 0 Å². The van der Waals surface area contributed by atoms with E-state index in [4.69, 9.17) is 0 Å². The molecule has 26 heavy (non-hydrogen) atoms. The molecule has 1 fully saturated rings. The predicted molar refractivity (Wildman–Crippen MR) is 111 cm³/mol. The molecule has 1 aliphatic heterocycles. The van der Waals surface area contributed by atoms with Crippen LogP contribution in [-0.4, -0.2) is 36.2 Å². The third-order valence-electron chi connectivity index (χ3n) is 5.43. The molecule has 140 valence electrons. The molecule has 0 spiro atoms. The minimum Gasteiger partial charge on any atom is -0.242 e. The molecule has 0 unspecified atom stereocenters. The van der Waals surface area contributed by atoms with Crippen LogP contribution in [0.5, 0.6) is 0 Å². The highest BCUT2D eigenvalue weighted by Gasteiger charge is 2.17. The van der Waals surface area contributed by atoms with E-state index in [1.165, 1.54) is 88.7 Å². The zero-order valence-electron chi connectivity index (χ0n) is 16.2. The fraction of sp³-hybridized carbons (Fsp3) is 0.500. The van der Waals surface area contributed by atoms with Gasteiger partial charge in [0, 0.05) is 26.2 Å². The van der Waals surface area contributed by atoms with E-state index in [9.17, 15) is 0 Å². The van der Waals surface area contributed by atoms with Gasteiger partial charge in [-0.1, -0.05) is 67.1 Å². The highest BCUT2D eigenvalue weighted by Crippen LogP contribution is 2.14. The van der Waals surface area contributed by atoms with Crippen molar-refractivity contribution in [2.24, 2.45) is 0 Å². The second kappa shape index (κ2) is 11.2. The zero-order valence-corrected chi connectivity index (χ0v) is 16.2. The number of hydrazine groups is 1. The molecule has 2 heteroatoms. The molecular formula is C24H34N2. The van der Waals surface area contributed by atoms with Gasteiger partial charge in [0.25, 0.3) is 0 Å². The van der Waals surface area contributed by atoms with E-state index in [-0.39, 0.29) is 0 Å². The van der Waals surface area contributed by atoms with Crippen molar-refractivity contribution in [2.45, 2.75) is 51.4 Å². The molecule has 0 bridgehead atoms. The Morgan fingerprint density at radius 3 is 1.77 bits per heavy atom. The van der Waals surface area contributed by atoms with E-state index in [2.05, 4.69) is 70.7 Å². The fourth-order valence-electron chi connectivity index (χ4n) is 3.93. The summed E-state index contributed by atoms with van der Waals surface area (Å²) < 4.78 is 0. The van der Waals surface area contributed by atoms with Crippen LogP contribution in [0.1, 0.15) is 49.7 Å². The van der Waals surface area contributed by atoms with Gasteiger partial charge in [-0.2, -0.15) is 0 Å². The molecule has 0 aromatic heterocycles. The van der Waals surface area contributed by atoms with Gasteiger partial charge in [-0.15, -0.1) is 0 Å². The first-order chi connectivity index (χ1) is 12.9. The van der Waals surface area contributed by atoms with Gasteiger partial charge < -0.3 is 0 Å². The van der Waals surface area contributed by atoms with Crippen LogP contribution in [0.2, 0.25) is 0 Å². The maximum Gasteiger partial charge on any atom is 0.0136 e. The van der Waals surface area contributed by atoms with E-state index < -0.39 is 0 Å². The number of nitrogens with zero attached hydrogens (tertiary/aromatic N) is 2. The number of piperidine rings is 1. The summed E-state index contributed by atoms with van der Waals surface area (Å²) in [5.74, 6) is 0. The topological polar surface area (TPSA) is 6.48 Å². The lowest BCUT2D eigenvalue weighted by Gasteiger charge is -2.37. The molecule has 1 aliphatic rings. The van der Waals surface area contributed by atoms with Gasteiger partial charge in [-0.3, -0.25) is 0 Å². The van der Waals surface area contributed by atoms with Crippen molar-refractivity contribution in [3.63, 3.8) is 0 Å². The molecule has 0 aliphatic carbocycles. The lowest BCUT2D eigenvalue weighted by Crippen LogP contribution is -2.46. The average Bonchev–Trinajstić information content (AvgIpc) is 2.72. The van der Waals surface area contributed by atoms with Gasteiger partial charge in [0.1, 0.15) is 0 Å². The SMILES string of the molecule is c1ccc(CCCCN(CCCc2ccccc2)N2CCCCC2)cc1. The Morgan fingerprint density at radius 1 is 0.615 bits per heavy atom. The molecule has 3 rings (SSSR count). The van der Waals surface area contributed by atoms with E-state index in [0.29, 0.717) is 0 Å². The molecule has 0 N–H and O–H groups in total. The third-order valence-corrected chi connectivity index (χ3v) is 5.43. The predicted octanol–water partition coefficient (Wildman–Crippen LogP) is 5.35. The molecule has 2 aromatic rings. The highest BCUT2D eigenvalue weighted by molar-refractivity contribution is 5.15. The van der Waals surface area contributed by atoms with Crippen LogP contribution < -0.4 is 0 Å². The monoisotopic (exact) mass is 350 g/mol. The molecular weight excluding hydrogens is 316 g/mol. The van der Waals surface area contributed by atoms with E-state index in [0.717, 1.165) is 0 Å². The summed E-state index contributed by atoms with van der Waals surface area (Å²) in [7, 11) is 0. The van der Waals surface area contributed by atoms with Crippen molar-refractivity contribution in [2.75, 3.05) is 26.2 Å². The maximum absolute atomic E-state index is 2.66. The highest BCUT2D eigenvalue weighted by atomic mass is 15.6. The van der Waals surface area contributed by atoms with Crippen molar-refractivity contribution in [3.05, 3.63) is 71.8 Å². The number of hydrogen-bond acceptors (Lipinski definition) is 2. The van der Waals surface area contributed by atoms with Crippen molar-refractivity contribution in [1.29, 1.82) is 0 Å². The molecule has 2 nitrogen and oxygen atoms in total. The third kappa shape index (κ3) is 6.59. The van der Waals surface area contributed by atoms with Gasteiger partial charge >= 0.3 is 0 Å². The summed E-state index contributed by atoms with van der Waals surface area (Å²) in [6, 6.07) is 21.8. The zero-order chi connectivity index (χ0) is 17.9. The fourth-order valence-corrected chi connectivity index (χ4v) is 3.93. The minimum atomic E-state index is 1.19. The van der Waals surface area contributed by atoms with Gasteiger partial charge in [-0.05, 0) is 56.1 Å². The van der Waals surface area contributed by atoms with Gasteiger partial charge in [-0.25, -0.2) is 10.0 Å². The lowest BCUT2D eigenvalue weighted by molar-refractivity contribution is -0.0411. The second-order valence-corrected chi connectivity index (χ2v) is 7.50. The van der Waals surface area contributed by atoms with Gasteiger partial charge in [0.05, 0.1) is 0 Å². The van der Waals surface area contributed by atoms with Crippen LogP contribution in [0.3, 0.4) is 0 Å². The smallest absolute Gasteiger partial charge is 0.0136 e. The van der Waals surface area contributed by atoms with Crippen molar-refractivity contribution in [3.8, 4) is 0 Å². The van der Waals surface area contributed by atoms with E-state index in [1.54, 1.807) is 0 Å². The largest absolute Gasteiger partial charge is 0.242 e. The summed E-state index contributed by atoms with van der Waals surface area (Å²) >= 11 is 0. The summed E-state index contributed by atoms with van der Waals surface area (Å²) in [4.78, 5) is 0. The van der Waals surface area contributed by atoms with Gasteiger partial charge in [0.2, 0.25) is 0 Å². The summed E-state index contributed by atoms with van der Waals surface area (Å²) in [5.41, 5.74) is 2.94. The Balaban J connectivity index is 1.43. The number of benzene rings is 2. The first kappa shape index (κ1) is 19.1. The molecule has 2 aromatic carbocycles. The Labute approximate surface area is 159 Å². The van der Waals surface area contributed by atoms with Crippen LogP contribution in [0.15, 0.2) is 60.7 Å². The Morgan fingerprint density at radius 2 is 1.15 bits per heavy atom. The number of unbranched alkanes of at least 4 members (excludes halogenated alkanes) is 1. The standard InChI is InChI=1S/C24H34N2/c1-4-13-23(14-5-1)17-8-11-21-26(25-19-9-3-10-20-25)22-12-18-24-15-6-2-7-16-24/h1-2,4-7,13-16H,3,8-12,17-22H2. The number of aryl methyl sites for hydroxylation is 2. The Bertz CT molecular complexity index is 590. The Kier molecular flexibility index (Phi) is 8.21. The second-order valence-electron chi connectivity index (χ2n) is 7.50. The van der Waals surface area contributed by atoms with Crippen molar-refractivity contribution in [1.82, 2.24) is 10.0 Å². The lowest BCUT2D eigenvalue weighted by atomic mass is 10.1. The van der Waals surface area contributed by atoms with E-state index >= 15 is 0 Å². The molecule has 1 heterocycles. The van der Waals surface area contributed by atoms with Gasteiger partial charge in [0.15, 0.2) is 0 Å². The molecule has 1 saturated heterocycles. The first-order valence-corrected chi connectivity index (χ1v) is 10.5. The number of hydrogen-bond donors (Lipinski definition) is 0. The number of rotatable bonds is 10. The first-order valence-electron chi connectivity index (χ1n) is 10.5. The van der Waals surface area contributed by atoms with Crippen LogP contribution in [0.4, 0.5) is 0 Å². The molecule has 0 atom stereocenters. The van der Waals surface area contributed by atoms with Crippen LogP contribution in [-0.2, 0) is 12.8 Å². The molecule has 0 radical (unpaired) electrons. The van der Waals surface area contributed by atoms with Crippen LogP contribution in [0, 0.1) is 0 Å². The summed E-state index contributed by atoms with van der Waals surface area (Å²) in [5, 5.41) is 5.30. The van der Waals surface area contributed by atoms with Crippen LogP contribution in [0.25, 0.3) is 0 Å². The van der Waals surface area contributed by atoms with E-state index in [1.807, 2.05) is 0 Å². The van der Waals surface area contributed by atoms with Crippen molar-refractivity contribution >= 4 is 0 Å². The van der Waals surface area contributed by atoms with Crippen LogP contribution >= 0.6 is 0 Å². The molecule has 0 saturated carbocycles. The maximum atomic E-state index is 2.66.